The molecule has 2 N–H and O–H groups in total. The van der Waals surface area contributed by atoms with Crippen molar-refractivity contribution in [3.63, 3.8) is 0 Å². The summed E-state index contributed by atoms with van der Waals surface area (Å²) in [7, 11) is 0. The molecule has 2 atom stereocenters. The molecule has 0 bridgehead atoms. The van der Waals surface area contributed by atoms with Gasteiger partial charge in [0.25, 0.3) is 0 Å². The minimum Gasteiger partial charge on any atom is -0.494 e. The van der Waals surface area contributed by atoms with E-state index >= 15 is 0 Å². The molecule has 1 aliphatic carbocycles. The summed E-state index contributed by atoms with van der Waals surface area (Å²) >= 11 is 0. The normalized spacial score (nSPS) is 24.4. The van der Waals surface area contributed by atoms with Crippen molar-refractivity contribution in [2.45, 2.75) is 25.7 Å². The molecule has 114 valence electrons. The molecule has 1 saturated heterocycles. The van der Waals surface area contributed by atoms with Gasteiger partial charge in [0.15, 0.2) is 0 Å². The van der Waals surface area contributed by atoms with E-state index in [4.69, 9.17) is 10.5 Å². The highest BCUT2D eigenvalue weighted by Gasteiger charge is 2.38. The van der Waals surface area contributed by atoms with Crippen LogP contribution in [0.5, 0.6) is 5.75 Å². The van der Waals surface area contributed by atoms with Crippen molar-refractivity contribution < 1.29 is 9.53 Å². The predicted molar refractivity (Wildman–Crippen MR) is 82.3 cm³/mol. The van der Waals surface area contributed by atoms with Gasteiger partial charge >= 0.3 is 0 Å². The van der Waals surface area contributed by atoms with Gasteiger partial charge in [-0.1, -0.05) is 0 Å². The number of likely N-dealkylation sites (tertiary alicyclic amines) is 1. The fraction of sp³-hybridized carbons (Fsp3) is 0.588. The average molecular weight is 288 g/mol. The first-order chi connectivity index (χ1) is 10.2. The fourth-order valence-corrected chi connectivity index (χ4v) is 3.38. The van der Waals surface area contributed by atoms with Gasteiger partial charge in [0.2, 0.25) is 5.91 Å². The van der Waals surface area contributed by atoms with Crippen molar-refractivity contribution in [3.05, 3.63) is 29.8 Å². The van der Waals surface area contributed by atoms with Crippen molar-refractivity contribution in [1.29, 1.82) is 0 Å². The molecule has 4 nitrogen and oxygen atoms in total. The molecule has 1 saturated carbocycles. The van der Waals surface area contributed by atoms with Crippen molar-refractivity contribution in [3.8, 4) is 5.75 Å². The van der Waals surface area contributed by atoms with Crippen LogP contribution in [0, 0.1) is 11.8 Å². The summed E-state index contributed by atoms with van der Waals surface area (Å²) in [6.45, 7) is 4.58. The number of hydrogen-bond donors (Lipinski definition) is 1. The SMILES string of the molecule is NC(=O)c1ccc(OCCCCN2CC3CCC3C2)cc1. The van der Waals surface area contributed by atoms with Crippen molar-refractivity contribution >= 4 is 5.91 Å². The molecule has 1 heterocycles. The molecule has 0 spiro atoms. The summed E-state index contributed by atoms with van der Waals surface area (Å²) in [5.74, 6) is 2.41. The summed E-state index contributed by atoms with van der Waals surface area (Å²) in [6, 6.07) is 7.02. The Kier molecular flexibility index (Phi) is 4.44. The predicted octanol–water partition coefficient (Wildman–Crippen LogP) is 2.29. The molecule has 4 heteroatoms. The minimum atomic E-state index is -0.402. The molecule has 0 aromatic heterocycles. The maximum Gasteiger partial charge on any atom is 0.248 e. The molecule has 3 rings (SSSR count). The van der Waals surface area contributed by atoms with Crippen LogP contribution in [0.4, 0.5) is 0 Å². The Morgan fingerprint density at radius 3 is 2.38 bits per heavy atom. The average Bonchev–Trinajstić information content (AvgIpc) is 2.74. The van der Waals surface area contributed by atoms with Crippen LogP contribution < -0.4 is 10.5 Å². The third-order valence-corrected chi connectivity index (χ3v) is 4.84. The first kappa shape index (κ1) is 14.4. The Labute approximate surface area is 126 Å². The second-order valence-corrected chi connectivity index (χ2v) is 6.30. The number of primary amides is 1. The van der Waals surface area contributed by atoms with Gasteiger partial charge in [-0.25, -0.2) is 0 Å². The molecule has 1 aromatic rings. The minimum absolute atomic E-state index is 0.402. The van der Waals surface area contributed by atoms with Crippen LogP contribution in [0.1, 0.15) is 36.0 Å². The lowest BCUT2D eigenvalue weighted by molar-refractivity contribution is 0.100. The van der Waals surface area contributed by atoms with E-state index in [0.29, 0.717) is 5.56 Å². The van der Waals surface area contributed by atoms with Crippen molar-refractivity contribution in [1.82, 2.24) is 4.90 Å². The van der Waals surface area contributed by atoms with E-state index in [1.165, 1.54) is 38.9 Å². The van der Waals surface area contributed by atoms with Gasteiger partial charge in [-0.15, -0.1) is 0 Å². The lowest BCUT2D eigenvalue weighted by Crippen LogP contribution is -2.22. The zero-order chi connectivity index (χ0) is 14.7. The molecule has 1 aromatic carbocycles. The largest absolute Gasteiger partial charge is 0.494 e. The smallest absolute Gasteiger partial charge is 0.248 e. The number of hydrogen-bond acceptors (Lipinski definition) is 3. The molecule has 1 amide bonds. The van der Waals surface area contributed by atoms with E-state index in [0.717, 1.165) is 30.6 Å². The van der Waals surface area contributed by atoms with E-state index in [1.54, 1.807) is 24.3 Å². The quantitative estimate of drug-likeness (QED) is 0.783. The van der Waals surface area contributed by atoms with Crippen LogP contribution >= 0.6 is 0 Å². The summed E-state index contributed by atoms with van der Waals surface area (Å²) in [6.07, 6.45) is 5.17. The van der Waals surface area contributed by atoms with Gasteiger partial charge in [0, 0.05) is 18.7 Å². The van der Waals surface area contributed by atoms with Crippen LogP contribution in [0.3, 0.4) is 0 Å². The molecule has 1 aliphatic heterocycles. The fourth-order valence-electron chi connectivity index (χ4n) is 3.38. The highest BCUT2D eigenvalue weighted by atomic mass is 16.5. The lowest BCUT2D eigenvalue weighted by atomic mass is 9.77. The number of rotatable bonds is 7. The number of unbranched alkanes of at least 4 members (excludes halogenated alkanes) is 1. The summed E-state index contributed by atoms with van der Waals surface area (Å²) in [5.41, 5.74) is 5.72. The van der Waals surface area contributed by atoms with Crippen LogP contribution in [-0.2, 0) is 0 Å². The van der Waals surface area contributed by atoms with E-state index in [2.05, 4.69) is 4.90 Å². The molecular weight excluding hydrogens is 264 g/mol. The number of nitrogens with two attached hydrogens (primary N) is 1. The van der Waals surface area contributed by atoms with Crippen molar-refractivity contribution in [2.75, 3.05) is 26.2 Å². The van der Waals surface area contributed by atoms with Gasteiger partial charge in [-0.05, 0) is 68.3 Å². The Morgan fingerprint density at radius 1 is 1.14 bits per heavy atom. The number of nitrogens with zero attached hydrogens (tertiary/aromatic N) is 1. The van der Waals surface area contributed by atoms with Gasteiger partial charge in [-0.2, -0.15) is 0 Å². The van der Waals surface area contributed by atoms with E-state index in [-0.39, 0.29) is 0 Å². The first-order valence-electron chi connectivity index (χ1n) is 7.97. The molecule has 21 heavy (non-hydrogen) atoms. The lowest BCUT2D eigenvalue weighted by Gasteiger charge is -2.28. The third kappa shape index (κ3) is 3.56. The Morgan fingerprint density at radius 2 is 1.81 bits per heavy atom. The van der Waals surface area contributed by atoms with Crippen LogP contribution in [0.15, 0.2) is 24.3 Å². The second-order valence-electron chi connectivity index (χ2n) is 6.30. The second kappa shape index (κ2) is 6.48. The Bertz CT molecular complexity index is 474. The van der Waals surface area contributed by atoms with E-state index in [1.807, 2.05) is 0 Å². The molecular formula is C17H24N2O2. The summed E-state index contributed by atoms with van der Waals surface area (Å²) in [5, 5.41) is 0. The molecule has 2 aliphatic rings. The number of ether oxygens (including phenoxy) is 1. The maximum atomic E-state index is 11.0. The van der Waals surface area contributed by atoms with Gasteiger partial charge in [-0.3, -0.25) is 4.79 Å². The number of amides is 1. The van der Waals surface area contributed by atoms with E-state index in [9.17, 15) is 4.79 Å². The number of carbonyl (C=O) groups excluding carboxylic acids is 1. The van der Waals surface area contributed by atoms with Gasteiger partial charge < -0.3 is 15.4 Å². The van der Waals surface area contributed by atoms with Gasteiger partial charge in [0.05, 0.1) is 6.61 Å². The number of benzene rings is 1. The standard InChI is InChI=1S/C17H24N2O2/c18-17(20)13-5-7-16(8-6-13)21-10-2-1-9-19-11-14-3-4-15(14)12-19/h5-8,14-15H,1-4,9-12H2,(H2,18,20). The Hall–Kier alpha value is -1.55. The highest BCUT2D eigenvalue weighted by molar-refractivity contribution is 5.92. The van der Waals surface area contributed by atoms with Crippen molar-refractivity contribution in [2.24, 2.45) is 17.6 Å². The summed E-state index contributed by atoms with van der Waals surface area (Å²) < 4.78 is 5.69. The number of carbonyl (C=O) groups is 1. The molecule has 2 unspecified atom stereocenters. The summed E-state index contributed by atoms with van der Waals surface area (Å²) in [4.78, 5) is 13.6. The maximum absolute atomic E-state index is 11.0. The van der Waals surface area contributed by atoms with Gasteiger partial charge in [0.1, 0.15) is 5.75 Å². The zero-order valence-electron chi connectivity index (χ0n) is 12.5. The highest BCUT2D eigenvalue weighted by Crippen LogP contribution is 2.40. The third-order valence-electron chi connectivity index (χ3n) is 4.84. The number of fused-ring (bicyclic) bond motifs is 1. The molecule has 2 fully saturated rings. The van der Waals surface area contributed by atoms with Crippen LogP contribution in [-0.4, -0.2) is 37.0 Å². The van der Waals surface area contributed by atoms with Crippen LogP contribution in [0.25, 0.3) is 0 Å². The van der Waals surface area contributed by atoms with E-state index < -0.39 is 5.91 Å². The van der Waals surface area contributed by atoms with Crippen LogP contribution in [0.2, 0.25) is 0 Å². The Balaban J connectivity index is 1.30. The monoisotopic (exact) mass is 288 g/mol. The first-order valence-corrected chi connectivity index (χ1v) is 7.97. The zero-order valence-corrected chi connectivity index (χ0v) is 12.5. The molecule has 0 radical (unpaired) electrons. The topological polar surface area (TPSA) is 55.6 Å².